The molecule has 9 aromatic carbocycles. The predicted molar refractivity (Wildman–Crippen MR) is 243 cm³/mol. The summed E-state index contributed by atoms with van der Waals surface area (Å²) in [6.07, 6.45) is 6.84. The molecule has 0 fully saturated rings. The average Bonchev–Trinajstić information content (AvgIpc) is 3.61. The quantitative estimate of drug-likeness (QED) is 0.155. The van der Waals surface area contributed by atoms with Crippen LogP contribution in [0.25, 0.3) is 77.4 Å². The van der Waals surface area contributed by atoms with Crippen molar-refractivity contribution in [3.63, 3.8) is 0 Å². The lowest BCUT2D eigenvalue weighted by Gasteiger charge is -2.27. The molecular weight excluding hydrogens is 689 g/mol. The van der Waals surface area contributed by atoms with E-state index < -0.39 is 0 Å². The molecular formula is C55H40N2. The fraction of sp³-hybridized carbons (Fsp3) is 0.0545. The first-order chi connectivity index (χ1) is 28.2. The largest absolute Gasteiger partial charge is 0.310 e. The second-order valence-electron chi connectivity index (χ2n) is 15.3. The predicted octanol–water partition coefficient (Wildman–Crippen LogP) is 15.2. The van der Waals surface area contributed by atoms with E-state index in [4.69, 9.17) is 0 Å². The Morgan fingerprint density at radius 3 is 1.93 bits per heavy atom. The first-order valence-electron chi connectivity index (χ1n) is 20.0. The molecule has 270 valence electrons. The van der Waals surface area contributed by atoms with E-state index in [1.54, 1.807) is 0 Å². The van der Waals surface area contributed by atoms with Crippen molar-refractivity contribution < 1.29 is 0 Å². The molecule has 0 saturated carbocycles. The van der Waals surface area contributed by atoms with Crippen molar-refractivity contribution in [2.75, 3.05) is 4.90 Å². The van der Waals surface area contributed by atoms with Gasteiger partial charge in [-0.15, -0.1) is 0 Å². The van der Waals surface area contributed by atoms with Gasteiger partial charge in [-0.25, -0.2) is 0 Å². The summed E-state index contributed by atoms with van der Waals surface area (Å²) >= 11 is 0. The maximum Gasteiger partial charge on any atom is 0.0541 e. The van der Waals surface area contributed by atoms with E-state index >= 15 is 0 Å². The Hall–Kier alpha value is -7.16. The van der Waals surface area contributed by atoms with Crippen LogP contribution in [0.5, 0.6) is 0 Å². The molecule has 1 heterocycles. The van der Waals surface area contributed by atoms with Crippen molar-refractivity contribution in [3.05, 3.63) is 211 Å². The summed E-state index contributed by atoms with van der Waals surface area (Å²) in [6, 6.07) is 69.1. The van der Waals surface area contributed by atoms with Gasteiger partial charge in [0.15, 0.2) is 0 Å². The molecule has 0 saturated heterocycles. The second-order valence-corrected chi connectivity index (χ2v) is 15.3. The number of rotatable bonds is 6. The van der Waals surface area contributed by atoms with E-state index in [0.29, 0.717) is 0 Å². The number of benzene rings is 9. The summed E-state index contributed by atoms with van der Waals surface area (Å²) in [4.78, 5) is 2.41. The molecule has 1 aliphatic carbocycles. The Morgan fingerprint density at radius 1 is 0.421 bits per heavy atom. The lowest BCUT2D eigenvalue weighted by Crippen LogP contribution is -2.10. The molecule has 0 radical (unpaired) electrons. The van der Waals surface area contributed by atoms with E-state index in [0.717, 1.165) is 35.6 Å². The molecule has 0 spiro atoms. The van der Waals surface area contributed by atoms with Gasteiger partial charge in [-0.3, -0.25) is 0 Å². The van der Waals surface area contributed by atoms with Crippen LogP contribution >= 0.6 is 0 Å². The highest BCUT2D eigenvalue weighted by molar-refractivity contribution is 6.14. The fourth-order valence-electron chi connectivity index (χ4n) is 9.21. The Labute approximate surface area is 333 Å². The van der Waals surface area contributed by atoms with Crippen LogP contribution in [0.15, 0.2) is 194 Å². The van der Waals surface area contributed by atoms with Crippen molar-refractivity contribution in [2.45, 2.75) is 19.8 Å². The molecule has 10 aromatic rings. The second kappa shape index (κ2) is 13.5. The maximum absolute atomic E-state index is 2.41. The fourth-order valence-corrected chi connectivity index (χ4v) is 9.21. The van der Waals surface area contributed by atoms with Gasteiger partial charge in [0, 0.05) is 33.5 Å². The Morgan fingerprint density at radius 2 is 1.07 bits per heavy atom. The number of allylic oxidation sites excluding steroid dienone is 1. The van der Waals surface area contributed by atoms with Crippen molar-refractivity contribution in [3.8, 4) is 27.9 Å². The number of hydrogen-bond donors (Lipinski definition) is 0. The van der Waals surface area contributed by atoms with Crippen molar-refractivity contribution >= 4 is 66.5 Å². The Kier molecular flexibility index (Phi) is 7.89. The normalized spacial score (nSPS) is 12.4. The van der Waals surface area contributed by atoms with Crippen molar-refractivity contribution in [1.82, 2.24) is 4.57 Å². The molecule has 0 bridgehead atoms. The van der Waals surface area contributed by atoms with E-state index in [1.165, 1.54) is 82.3 Å². The Balaban J connectivity index is 1.01. The zero-order valence-electron chi connectivity index (χ0n) is 31.9. The van der Waals surface area contributed by atoms with Crippen LogP contribution in [0, 0.1) is 6.92 Å². The lowest BCUT2D eigenvalue weighted by atomic mass is 9.86. The van der Waals surface area contributed by atoms with Gasteiger partial charge in [0.05, 0.1) is 11.0 Å². The van der Waals surface area contributed by atoms with Gasteiger partial charge in [0.1, 0.15) is 0 Å². The highest BCUT2D eigenvalue weighted by Gasteiger charge is 2.19. The molecule has 2 nitrogen and oxygen atoms in total. The molecule has 1 aliphatic rings. The Bertz CT molecular complexity index is 3180. The van der Waals surface area contributed by atoms with Gasteiger partial charge in [-0.2, -0.15) is 0 Å². The van der Waals surface area contributed by atoms with Gasteiger partial charge < -0.3 is 9.47 Å². The third kappa shape index (κ3) is 5.64. The topological polar surface area (TPSA) is 8.17 Å². The summed E-state index contributed by atoms with van der Waals surface area (Å²) in [5.41, 5.74) is 15.9. The molecule has 0 amide bonds. The van der Waals surface area contributed by atoms with Gasteiger partial charge >= 0.3 is 0 Å². The van der Waals surface area contributed by atoms with Gasteiger partial charge in [-0.1, -0.05) is 133 Å². The standard InChI is InChI=1S/C55H40N2/c1-37-13-11-17-43(33-37)56(45-30-31-50-48-21-6-5-19-46(48)47-20-7-8-22-49(47)52(50)36-45)42-28-25-39(26-29-42)41-27-32-55-53(35-41)51-23-9-10-24-54(51)57(55)44-18-12-16-40(34-44)38-14-3-2-4-15-38/h2-6,8-19,21-36H,7,20H2,1H3. The minimum atomic E-state index is 1.07. The number of aromatic nitrogens is 1. The van der Waals surface area contributed by atoms with Gasteiger partial charge in [0.2, 0.25) is 0 Å². The summed E-state index contributed by atoms with van der Waals surface area (Å²) in [7, 11) is 0. The van der Waals surface area contributed by atoms with Gasteiger partial charge in [0.25, 0.3) is 0 Å². The maximum atomic E-state index is 2.41. The summed E-state index contributed by atoms with van der Waals surface area (Å²) in [5.74, 6) is 0. The average molecular weight is 729 g/mol. The lowest BCUT2D eigenvalue weighted by molar-refractivity contribution is 1.00. The molecule has 0 unspecified atom stereocenters. The number of aryl methyl sites for hydroxylation is 2. The zero-order chi connectivity index (χ0) is 37.9. The molecule has 11 rings (SSSR count). The summed E-state index contributed by atoms with van der Waals surface area (Å²) in [5, 5.41) is 7.83. The van der Waals surface area contributed by atoms with Gasteiger partial charge in [-0.05, 0) is 147 Å². The summed E-state index contributed by atoms with van der Waals surface area (Å²) < 4.78 is 2.41. The molecule has 1 aromatic heterocycles. The summed E-state index contributed by atoms with van der Waals surface area (Å²) in [6.45, 7) is 2.17. The van der Waals surface area contributed by atoms with Crippen LogP contribution in [0.4, 0.5) is 17.1 Å². The van der Waals surface area contributed by atoms with Crippen LogP contribution in [-0.4, -0.2) is 4.57 Å². The van der Waals surface area contributed by atoms with Crippen LogP contribution in [0.1, 0.15) is 23.1 Å². The van der Waals surface area contributed by atoms with Crippen LogP contribution in [-0.2, 0) is 6.42 Å². The highest BCUT2D eigenvalue weighted by atomic mass is 15.1. The van der Waals surface area contributed by atoms with Crippen LogP contribution in [0.3, 0.4) is 0 Å². The number of fused-ring (bicyclic) bond motifs is 9. The number of anilines is 3. The number of nitrogens with zero attached hydrogens (tertiary/aromatic N) is 2. The molecule has 0 aliphatic heterocycles. The number of hydrogen-bond acceptors (Lipinski definition) is 1. The van der Waals surface area contributed by atoms with Crippen LogP contribution < -0.4 is 4.90 Å². The molecule has 0 N–H and O–H groups in total. The zero-order valence-corrected chi connectivity index (χ0v) is 31.9. The minimum absolute atomic E-state index is 1.07. The van der Waals surface area contributed by atoms with Crippen molar-refractivity contribution in [2.24, 2.45) is 0 Å². The smallest absolute Gasteiger partial charge is 0.0541 e. The minimum Gasteiger partial charge on any atom is -0.310 e. The van der Waals surface area contributed by atoms with Crippen molar-refractivity contribution in [1.29, 1.82) is 0 Å². The van der Waals surface area contributed by atoms with Crippen LogP contribution in [0.2, 0.25) is 0 Å². The van der Waals surface area contributed by atoms with E-state index in [1.807, 2.05) is 0 Å². The molecule has 0 atom stereocenters. The number of para-hydroxylation sites is 1. The monoisotopic (exact) mass is 728 g/mol. The van der Waals surface area contributed by atoms with E-state index in [9.17, 15) is 0 Å². The van der Waals surface area contributed by atoms with E-state index in [2.05, 4.69) is 217 Å². The first-order valence-corrected chi connectivity index (χ1v) is 20.0. The third-order valence-electron chi connectivity index (χ3n) is 11.9. The SMILES string of the molecule is Cc1cccc(N(c2ccc(-c3ccc4c(c3)c3ccccc3n4-c3cccc(-c4ccccc4)c3)cc2)c2ccc3c(c2)c2c(c4ccccc43)CCC=C2)c1. The first kappa shape index (κ1) is 33.2. The molecule has 2 heteroatoms. The third-order valence-corrected chi connectivity index (χ3v) is 11.9. The highest BCUT2D eigenvalue weighted by Crippen LogP contribution is 2.43. The molecule has 57 heavy (non-hydrogen) atoms. The van der Waals surface area contributed by atoms with E-state index in [-0.39, 0.29) is 0 Å².